The Kier molecular flexibility index (Phi) is 64.2. The van der Waals surface area contributed by atoms with E-state index in [0.717, 1.165) is 77.0 Å². The zero-order valence-corrected chi connectivity index (χ0v) is 52.2. The first-order chi connectivity index (χ1) is 38.5. The normalized spacial score (nSPS) is 12.4. The first-order valence-electron chi connectivity index (χ1n) is 34.3. The lowest BCUT2D eigenvalue weighted by Gasteiger charge is -2.18. The lowest BCUT2D eigenvalue weighted by molar-refractivity contribution is -0.167. The van der Waals surface area contributed by atoms with Gasteiger partial charge >= 0.3 is 17.9 Å². The van der Waals surface area contributed by atoms with E-state index in [1.807, 2.05) is 0 Å². The molecule has 0 fully saturated rings. The van der Waals surface area contributed by atoms with Crippen LogP contribution in [0.4, 0.5) is 0 Å². The molecular formula is C72H130O6. The highest BCUT2D eigenvalue weighted by Gasteiger charge is 2.19. The summed E-state index contributed by atoms with van der Waals surface area (Å²) in [5.74, 6) is -0.868. The Balaban J connectivity index is 3.98. The van der Waals surface area contributed by atoms with Gasteiger partial charge in [0.2, 0.25) is 0 Å². The van der Waals surface area contributed by atoms with Crippen LogP contribution in [0.1, 0.15) is 361 Å². The summed E-state index contributed by atoms with van der Waals surface area (Å²) in [6.07, 6.45) is 85.7. The zero-order valence-electron chi connectivity index (χ0n) is 52.2. The third kappa shape index (κ3) is 63.9. The minimum absolute atomic E-state index is 0.0721. The number of carbonyl (C=O) groups is 3. The van der Waals surface area contributed by atoms with E-state index >= 15 is 0 Å². The van der Waals surface area contributed by atoms with Crippen molar-refractivity contribution in [1.82, 2.24) is 0 Å². The van der Waals surface area contributed by atoms with Gasteiger partial charge in [0.05, 0.1) is 0 Å². The van der Waals surface area contributed by atoms with Crippen molar-refractivity contribution in [3.05, 3.63) is 60.8 Å². The van der Waals surface area contributed by atoms with Gasteiger partial charge in [-0.25, -0.2) is 0 Å². The van der Waals surface area contributed by atoms with Crippen LogP contribution in [-0.2, 0) is 28.6 Å². The van der Waals surface area contributed by atoms with Gasteiger partial charge in [-0.1, -0.05) is 313 Å². The minimum atomic E-state index is -0.772. The summed E-state index contributed by atoms with van der Waals surface area (Å²) in [5.41, 5.74) is 0. The van der Waals surface area contributed by atoms with Gasteiger partial charge in [-0.05, 0) is 89.9 Å². The van der Waals surface area contributed by atoms with E-state index in [2.05, 4.69) is 81.5 Å². The molecule has 0 N–H and O–H groups in total. The highest BCUT2D eigenvalue weighted by atomic mass is 16.6. The van der Waals surface area contributed by atoms with Crippen LogP contribution in [0.15, 0.2) is 60.8 Å². The van der Waals surface area contributed by atoms with Gasteiger partial charge in [0.1, 0.15) is 13.2 Å². The van der Waals surface area contributed by atoms with Crippen molar-refractivity contribution in [2.75, 3.05) is 13.2 Å². The monoisotopic (exact) mass is 1090 g/mol. The summed E-state index contributed by atoms with van der Waals surface area (Å²) in [6, 6.07) is 0. The molecule has 0 heterocycles. The minimum Gasteiger partial charge on any atom is -0.462 e. The maximum atomic E-state index is 12.9. The molecular weight excluding hydrogens is 961 g/mol. The van der Waals surface area contributed by atoms with E-state index in [4.69, 9.17) is 14.2 Å². The second-order valence-corrected chi connectivity index (χ2v) is 23.1. The van der Waals surface area contributed by atoms with Gasteiger partial charge in [0.25, 0.3) is 0 Å². The van der Waals surface area contributed by atoms with Gasteiger partial charge in [-0.15, -0.1) is 0 Å². The van der Waals surface area contributed by atoms with Crippen molar-refractivity contribution < 1.29 is 28.6 Å². The lowest BCUT2D eigenvalue weighted by atomic mass is 10.0. The van der Waals surface area contributed by atoms with Crippen LogP contribution < -0.4 is 0 Å². The van der Waals surface area contributed by atoms with Crippen molar-refractivity contribution >= 4 is 17.9 Å². The molecule has 0 rings (SSSR count). The van der Waals surface area contributed by atoms with Crippen molar-refractivity contribution in [2.24, 2.45) is 0 Å². The Bertz CT molecular complexity index is 1390. The number of ether oxygens (including phenoxy) is 3. The number of unbranched alkanes of at least 4 members (excludes halogenated alkanes) is 42. The molecule has 0 saturated carbocycles. The molecule has 6 nitrogen and oxygen atoms in total. The molecule has 0 amide bonds. The van der Waals surface area contributed by atoms with Crippen LogP contribution in [-0.4, -0.2) is 37.2 Å². The fourth-order valence-electron chi connectivity index (χ4n) is 10.1. The number of rotatable bonds is 63. The largest absolute Gasteiger partial charge is 0.462 e. The standard InChI is InChI=1S/C72H130O6/c1-4-7-10-13-16-18-20-22-24-26-28-30-31-32-33-34-35-36-37-38-39-40-41-43-44-46-48-50-52-54-56-59-62-65-71(74)77-68-69(67-76-70(73)64-61-58-15-12-9-6-3)78-72(75)66-63-60-57-55-53-51-49-47-45-42-29-27-25-23-21-19-17-14-11-8-5-2/h20-23,26-29,31-32,69H,4-19,24-25,30,33-68H2,1-3H3/b22-20-,23-21-,28-26-,29-27-,32-31-. The quantitative estimate of drug-likeness (QED) is 0.0261. The molecule has 0 aromatic rings. The summed E-state index contributed by atoms with van der Waals surface area (Å²) < 4.78 is 16.8. The average molecular weight is 1090 g/mol. The fourth-order valence-corrected chi connectivity index (χ4v) is 10.1. The smallest absolute Gasteiger partial charge is 0.306 e. The number of carbonyl (C=O) groups excluding carboxylic acids is 3. The van der Waals surface area contributed by atoms with Crippen molar-refractivity contribution in [2.45, 2.75) is 367 Å². The van der Waals surface area contributed by atoms with E-state index in [0.29, 0.717) is 19.3 Å². The molecule has 0 aliphatic carbocycles. The molecule has 0 saturated heterocycles. The molecule has 0 bridgehead atoms. The maximum absolute atomic E-state index is 12.9. The molecule has 0 aromatic carbocycles. The number of esters is 3. The van der Waals surface area contributed by atoms with Crippen molar-refractivity contribution in [3.8, 4) is 0 Å². The second kappa shape index (κ2) is 66.6. The summed E-state index contributed by atoms with van der Waals surface area (Å²) in [4.78, 5) is 38.0. The first kappa shape index (κ1) is 75.1. The van der Waals surface area contributed by atoms with Crippen LogP contribution in [0.2, 0.25) is 0 Å². The predicted molar refractivity (Wildman–Crippen MR) is 339 cm³/mol. The predicted octanol–water partition coefficient (Wildman–Crippen LogP) is 23.5. The topological polar surface area (TPSA) is 78.9 Å². The molecule has 0 spiro atoms. The molecule has 0 radical (unpaired) electrons. The maximum Gasteiger partial charge on any atom is 0.306 e. The second-order valence-electron chi connectivity index (χ2n) is 23.1. The fraction of sp³-hybridized carbons (Fsp3) is 0.819. The SMILES string of the molecule is CCCCCCC/C=C\C/C=C\C/C=C\CCCCCCCCCCCCCCCCCCCCC(=O)OCC(COC(=O)CCCCCCCC)OC(=O)CCCCCCCCCCC/C=C\C/C=C\CCCCCCC. The van der Waals surface area contributed by atoms with E-state index in [1.165, 1.54) is 244 Å². The summed E-state index contributed by atoms with van der Waals surface area (Å²) in [7, 11) is 0. The molecule has 1 unspecified atom stereocenters. The third-order valence-corrected chi connectivity index (χ3v) is 15.2. The van der Waals surface area contributed by atoms with Crippen LogP contribution in [0, 0.1) is 0 Å². The highest BCUT2D eigenvalue weighted by molar-refractivity contribution is 5.71. The Labute approximate surface area is 485 Å². The van der Waals surface area contributed by atoms with Crippen LogP contribution >= 0.6 is 0 Å². The number of hydrogen-bond acceptors (Lipinski definition) is 6. The first-order valence-corrected chi connectivity index (χ1v) is 34.3. The summed E-state index contributed by atoms with van der Waals surface area (Å²) in [6.45, 7) is 6.60. The van der Waals surface area contributed by atoms with Crippen LogP contribution in [0.25, 0.3) is 0 Å². The number of allylic oxidation sites excluding steroid dienone is 10. The van der Waals surface area contributed by atoms with Crippen LogP contribution in [0.3, 0.4) is 0 Å². The summed E-state index contributed by atoms with van der Waals surface area (Å²) >= 11 is 0. The Morgan fingerprint density at radius 3 is 0.718 bits per heavy atom. The Hall–Kier alpha value is -2.89. The third-order valence-electron chi connectivity index (χ3n) is 15.2. The molecule has 0 aliphatic heterocycles. The number of hydrogen-bond donors (Lipinski definition) is 0. The molecule has 78 heavy (non-hydrogen) atoms. The molecule has 454 valence electrons. The van der Waals surface area contributed by atoms with Crippen LogP contribution in [0.5, 0.6) is 0 Å². The van der Waals surface area contributed by atoms with Gasteiger partial charge in [-0.3, -0.25) is 14.4 Å². The van der Waals surface area contributed by atoms with Crippen molar-refractivity contribution in [1.29, 1.82) is 0 Å². The van der Waals surface area contributed by atoms with E-state index in [1.54, 1.807) is 0 Å². The van der Waals surface area contributed by atoms with Gasteiger partial charge in [0, 0.05) is 19.3 Å². The van der Waals surface area contributed by atoms with E-state index in [9.17, 15) is 14.4 Å². The molecule has 0 aliphatic rings. The summed E-state index contributed by atoms with van der Waals surface area (Å²) in [5, 5.41) is 0. The van der Waals surface area contributed by atoms with Gasteiger partial charge in [0.15, 0.2) is 6.10 Å². The van der Waals surface area contributed by atoms with Gasteiger partial charge in [-0.2, -0.15) is 0 Å². The average Bonchev–Trinajstić information content (AvgIpc) is 3.44. The van der Waals surface area contributed by atoms with Gasteiger partial charge < -0.3 is 14.2 Å². The lowest BCUT2D eigenvalue weighted by Crippen LogP contribution is -2.30. The molecule has 0 aromatic heterocycles. The Morgan fingerprint density at radius 1 is 0.256 bits per heavy atom. The van der Waals surface area contributed by atoms with E-state index in [-0.39, 0.29) is 31.1 Å². The van der Waals surface area contributed by atoms with Crippen molar-refractivity contribution in [3.63, 3.8) is 0 Å². The molecule has 1 atom stereocenters. The Morgan fingerprint density at radius 2 is 0.462 bits per heavy atom. The highest BCUT2D eigenvalue weighted by Crippen LogP contribution is 2.17. The molecule has 6 heteroatoms. The zero-order chi connectivity index (χ0) is 56.4. The van der Waals surface area contributed by atoms with E-state index < -0.39 is 6.10 Å².